The average Bonchev–Trinajstić information content (AvgIpc) is 2.75. The number of hydrogen-bond acceptors (Lipinski definition) is 3. The number of aliphatic carboxylic acids is 1. The summed E-state index contributed by atoms with van der Waals surface area (Å²) in [6.07, 6.45) is 3.22. The third kappa shape index (κ3) is 3.07. The van der Waals surface area contributed by atoms with Gasteiger partial charge in [-0.05, 0) is 49.7 Å². The van der Waals surface area contributed by atoms with E-state index in [0.717, 1.165) is 32.4 Å². The highest BCUT2D eigenvalue weighted by Gasteiger charge is 2.23. The molecule has 0 radical (unpaired) electrons. The molecule has 1 N–H and O–H groups in total. The predicted molar refractivity (Wildman–Crippen MR) is 69.5 cm³/mol. The lowest BCUT2D eigenvalue weighted by molar-refractivity contribution is -0.137. The van der Waals surface area contributed by atoms with Crippen molar-refractivity contribution in [3.05, 3.63) is 21.9 Å². The van der Waals surface area contributed by atoms with Crippen molar-refractivity contribution >= 4 is 17.3 Å². The number of hydrogen-bond donors (Lipinski definition) is 1. The summed E-state index contributed by atoms with van der Waals surface area (Å²) in [5, 5.41) is 10.8. The van der Waals surface area contributed by atoms with Crippen molar-refractivity contribution in [2.75, 3.05) is 13.1 Å². The largest absolute Gasteiger partial charge is 0.481 e. The molecule has 0 saturated carbocycles. The van der Waals surface area contributed by atoms with Gasteiger partial charge in [0.05, 0.1) is 0 Å². The van der Waals surface area contributed by atoms with Gasteiger partial charge in [0.1, 0.15) is 0 Å². The third-order valence-corrected chi connectivity index (χ3v) is 4.49. The van der Waals surface area contributed by atoms with E-state index in [1.165, 1.54) is 10.4 Å². The molecular weight excluding hydrogens is 234 g/mol. The Morgan fingerprint density at radius 2 is 2.41 bits per heavy atom. The van der Waals surface area contributed by atoms with Crippen molar-refractivity contribution in [2.45, 2.75) is 38.6 Å². The number of rotatable bonds is 5. The van der Waals surface area contributed by atoms with E-state index in [1.807, 2.05) is 11.3 Å². The van der Waals surface area contributed by atoms with Crippen LogP contribution in [0.4, 0.5) is 0 Å². The van der Waals surface area contributed by atoms with Gasteiger partial charge in [-0.3, -0.25) is 9.69 Å². The van der Waals surface area contributed by atoms with Crippen LogP contribution in [-0.4, -0.2) is 29.1 Å². The molecule has 1 unspecified atom stereocenters. The first kappa shape index (κ1) is 12.6. The van der Waals surface area contributed by atoms with E-state index in [9.17, 15) is 4.79 Å². The summed E-state index contributed by atoms with van der Waals surface area (Å²) in [5.41, 5.74) is 1.47. The van der Waals surface area contributed by atoms with Gasteiger partial charge in [0, 0.05) is 23.9 Å². The second-order valence-electron chi connectivity index (χ2n) is 4.61. The highest BCUT2D eigenvalue weighted by atomic mass is 32.1. The van der Waals surface area contributed by atoms with Crippen LogP contribution in [0, 0.1) is 0 Å². The molecule has 1 aliphatic rings. The number of carboxylic acid groups (broad SMARTS) is 1. The van der Waals surface area contributed by atoms with Gasteiger partial charge in [0.25, 0.3) is 0 Å². The standard InChI is InChI=1S/C13H19NO2S/c1-10-11-6-9-17-12(11)5-8-14(10)7-3-2-4-13(15)16/h6,9-10H,2-5,7-8H2,1H3,(H,15,16). The van der Waals surface area contributed by atoms with E-state index in [-0.39, 0.29) is 0 Å². The summed E-state index contributed by atoms with van der Waals surface area (Å²) in [7, 11) is 0. The van der Waals surface area contributed by atoms with E-state index < -0.39 is 5.97 Å². The quantitative estimate of drug-likeness (QED) is 0.820. The summed E-state index contributed by atoms with van der Waals surface area (Å²) < 4.78 is 0. The van der Waals surface area contributed by atoms with Crippen LogP contribution in [0.1, 0.15) is 42.7 Å². The van der Waals surface area contributed by atoms with Crippen molar-refractivity contribution in [1.29, 1.82) is 0 Å². The Labute approximate surface area is 106 Å². The molecule has 0 fully saturated rings. The van der Waals surface area contributed by atoms with Crippen LogP contribution in [0.25, 0.3) is 0 Å². The molecule has 1 atom stereocenters. The summed E-state index contributed by atoms with van der Waals surface area (Å²) in [6, 6.07) is 2.73. The Morgan fingerprint density at radius 1 is 1.59 bits per heavy atom. The van der Waals surface area contributed by atoms with Crippen LogP contribution in [0.5, 0.6) is 0 Å². The van der Waals surface area contributed by atoms with Gasteiger partial charge < -0.3 is 5.11 Å². The average molecular weight is 253 g/mol. The van der Waals surface area contributed by atoms with Gasteiger partial charge in [-0.25, -0.2) is 0 Å². The summed E-state index contributed by atoms with van der Waals surface area (Å²) >= 11 is 1.86. The first-order valence-electron chi connectivity index (χ1n) is 6.20. The predicted octanol–water partition coefficient (Wildman–Crippen LogP) is 2.92. The normalized spacial score (nSPS) is 20.2. The summed E-state index contributed by atoms with van der Waals surface area (Å²) in [6.45, 7) is 4.38. The zero-order valence-electron chi connectivity index (χ0n) is 10.2. The molecule has 0 aromatic carbocycles. The molecule has 0 amide bonds. The highest BCUT2D eigenvalue weighted by Crippen LogP contribution is 2.32. The molecule has 1 aliphatic heterocycles. The van der Waals surface area contributed by atoms with Crippen LogP contribution in [0.15, 0.2) is 11.4 Å². The Morgan fingerprint density at radius 3 is 3.18 bits per heavy atom. The first-order valence-corrected chi connectivity index (χ1v) is 7.08. The van der Waals surface area contributed by atoms with Gasteiger partial charge in [-0.15, -0.1) is 11.3 Å². The minimum atomic E-state index is -0.684. The molecule has 0 bridgehead atoms. The number of carbonyl (C=O) groups is 1. The number of nitrogens with zero attached hydrogens (tertiary/aromatic N) is 1. The summed E-state index contributed by atoms with van der Waals surface area (Å²) in [5.74, 6) is -0.684. The number of carboxylic acids is 1. The zero-order valence-corrected chi connectivity index (χ0v) is 11.0. The lowest BCUT2D eigenvalue weighted by atomic mass is 10.0. The van der Waals surface area contributed by atoms with Crippen LogP contribution < -0.4 is 0 Å². The van der Waals surface area contributed by atoms with E-state index in [2.05, 4.69) is 23.3 Å². The van der Waals surface area contributed by atoms with E-state index in [1.54, 1.807) is 0 Å². The molecule has 4 heteroatoms. The molecule has 3 nitrogen and oxygen atoms in total. The minimum absolute atomic E-state index is 0.298. The van der Waals surface area contributed by atoms with Crippen molar-refractivity contribution in [3.63, 3.8) is 0 Å². The van der Waals surface area contributed by atoms with Gasteiger partial charge >= 0.3 is 5.97 Å². The molecule has 94 valence electrons. The second-order valence-corrected chi connectivity index (χ2v) is 5.61. The highest BCUT2D eigenvalue weighted by molar-refractivity contribution is 7.10. The fourth-order valence-corrected chi connectivity index (χ4v) is 3.42. The maximum absolute atomic E-state index is 10.4. The fourth-order valence-electron chi connectivity index (χ4n) is 2.46. The monoisotopic (exact) mass is 253 g/mol. The van der Waals surface area contributed by atoms with Gasteiger partial charge in [-0.1, -0.05) is 0 Å². The first-order chi connectivity index (χ1) is 8.18. The number of thiophene rings is 1. The molecule has 1 aromatic rings. The lowest BCUT2D eigenvalue weighted by Crippen LogP contribution is -2.33. The molecule has 0 aliphatic carbocycles. The maximum Gasteiger partial charge on any atom is 0.303 e. The van der Waals surface area contributed by atoms with Crippen molar-refractivity contribution < 1.29 is 9.90 Å². The maximum atomic E-state index is 10.4. The number of fused-ring (bicyclic) bond motifs is 1. The molecular formula is C13H19NO2S. The number of unbranched alkanes of at least 4 members (excludes halogenated alkanes) is 1. The Hall–Kier alpha value is -0.870. The molecule has 0 saturated heterocycles. The van der Waals surface area contributed by atoms with Crippen LogP contribution in [0.2, 0.25) is 0 Å². The van der Waals surface area contributed by atoms with Crippen molar-refractivity contribution in [1.82, 2.24) is 4.90 Å². The topological polar surface area (TPSA) is 40.5 Å². The smallest absolute Gasteiger partial charge is 0.303 e. The van der Waals surface area contributed by atoms with Crippen LogP contribution >= 0.6 is 11.3 Å². The molecule has 17 heavy (non-hydrogen) atoms. The van der Waals surface area contributed by atoms with Gasteiger partial charge in [0.2, 0.25) is 0 Å². The van der Waals surface area contributed by atoms with Crippen molar-refractivity contribution in [2.24, 2.45) is 0 Å². The van der Waals surface area contributed by atoms with E-state index in [0.29, 0.717) is 12.5 Å². The van der Waals surface area contributed by atoms with Crippen molar-refractivity contribution in [3.8, 4) is 0 Å². The minimum Gasteiger partial charge on any atom is -0.481 e. The Bertz CT molecular complexity index is 389. The molecule has 0 spiro atoms. The molecule has 2 rings (SSSR count). The zero-order chi connectivity index (χ0) is 12.3. The van der Waals surface area contributed by atoms with Gasteiger partial charge in [0.15, 0.2) is 0 Å². The van der Waals surface area contributed by atoms with E-state index in [4.69, 9.17) is 5.11 Å². The van der Waals surface area contributed by atoms with Gasteiger partial charge in [-0.2, -0.15) is 0 Å². The van der Waals surface area contributed by atoms with Crippen LogP contribution in [-0.2, 0) is 11.2 Å². The Kier molecular flexibility index (Phi) is 4.18. The van der Waals surface area contributed by atoms with E-state index >= 15 is 0 Å². The summed E-state index contributed by atoms with van der Waals surface area (Å²) in [4.78, 5) is 14.4. The van der Waals surface area contributed by atoms with Crippen LogP contribution in [0.3, 0.4) is 0 Å². The molecule has 2 heterocycles. The fraction of sp³-hybridized carbons (Fsp3) is 0.615. The third-order valence-electron chi connectivity index (χ3n) is 3.49. The second kappa shape index (κ2) is 5.65. The Balaban J connectivity index is 1.81. The molecule has 1 aromatic heterocycles. The SMILES string of the molecule is CC1c2ccsc2CCN1CCCCC(=O)O. The lowest BCUT2D eigenvalue weighted by Gasteiger charge is -2.33.